The van der Waals surface area contributed by atoms with Gasteiger partial charge in [0.2, 0.25) is 5.91 Å². The Kier molecular flexibility index (Phi) is 6.85. The molecule has 0 saturated heterocycles. The lowest BCUT2D eigenvalue weighted by molar-refractivity contribution is -0.117. The molecule has 1 atom stereocenters. The quantitative estimate of drug-likeness (QED) is 0.749. The van der Waals surface area contributed by atoms with E-state index in [0.29, 0.717) is 12.3 Å². The fourth-order valence-electron chi connectivity index (χ4n) is 1.99. The van der Waals surface area contributed by atoms with Crippen LogP contribution in [0.2, 0.25) is 0 Å². The minimum Gasteiger partial charge on any atom is -0.497 e. The highest BCUT2D eigenvalue weighted by Crippen LogP contribution is 2.18. The predicted molar refractivity (Wildman–Crippen MR) is 84.1 cm³/mol. The summed E-state index contributed by atoms with van der Waals surface area (Å²) in [4.78, 5) is 12.0. The molecule has 1 aromatic carbocycles. The first-order valence-electron chi connectivity index (χ1n) is 7.08. The standard InChI is InChI=1S/C17H25NO2/c1-13(2)7-5-8-14(3)11-17(19)18-15-9-6-10-16(12-15)20-4/h6-7,9-10,12,14H,5,8,11H2,1-4H3,(H,18,19). The van der Waals surface area contributed by atoms with Crippen LogP contribution in [-0.4, -0.2) is 13.0 Å². The zero-order valence-electron chi connectivity index (χ0n) is 12.9. The fraction of sp³-hybridized carbons (Fsp3) is 0.471. The molecule has 0 fully saturated rings. The molecule has 0 saturated carbocycles. The molecule has 0 bridgehead atoms. The van der Waals surface area contributed by atoms with Crippen LogP contribution in [0.4, 0.5) is 5.69 Å². The maximum atomic E-state index is 12.0. The first kappa shape index (κ1) is 16.3. The number of carbonyl (C=O) groups excluding carboxylic acids is 1. The molecule has 1 unspecified atom stereocenters. The molecule has 20 heavy (non-hydrogen) atoms. The van der Waals surface area contributed by atoms with Crippen LogP contribution in [0.3, 0.4) is 0 Å². The van der Waals surface area contributed by atoms with Crippen molar-refractivity contribution in [2.45, 2.75) is 40.0 Å². The summed E-state index contributed by atoms with van der Waals surface area (Å²) in [5.41, 5.74) is 2.11. The maximum Gasteiger partial charge on any atom is 0.224 e. The lowest BCUT2D eigenvalue weighted by atomic mass is 10.0. The molecule has 0 aliphatic rings. The molecule has 3 nitrogen and oxygen atoms in total. The van der Waals surface area contributed by atoms with E-state index in [4.69, 9.17) is 4.74 Å². The molecule has 1 N–H and O–H groups in total. The molecule has 3 heteroatoms. The Morgan fingerprint density at radius 2 is 2.15 bits per heavy atom. The second-order valence-electron chi connectivity index (χ2n) is 5.45. The van der Waals surface area contributed by atoms with Gasteiger partial charge in [0.15, 0.2) is 0 Å². The second kappa shape index (κ2) is 8.41. The van der Waals surface area contributed by atoms with Crippen LogP contribution < -0.4 is 10.1 Å². The number of rotatable bonds is 7. The predicted octanol–water partition coefficient (Wildman–Crippen LogP) is 4.41. The monoisotopic (exact) mass is 275 g/mol. The van der Waals surface area contributed by atoms with Gasteiger partial charge in [-0.1, -0.05) is 24.6 Å². The molecule has 0 aliphatic heterocycles. The number of hydrogen-bond acceptors (Lipinski definition) is 2. The molecular weight excluding hydrogens is 250 g/mol. The second-order valence-corrected chi connectivity index (χ2v) is 5.45. The summed E-state index contributed by atoms with van der Waals surface area (Å²) in [7, 11) is 1.62. The van der Waals surface area contributed by atoms with Crippen molar-refractivity contribution < 1.29 is 9.53 Å². The Morgan fingerprint density at radius 3 is 2.80 bits per heavy atom. The Labute approximate surface area is 122 Å². The van der Waals surface area contributed by atoms with Crippen LogP contribution in [0.15, 0.2) is 35.9 Å². The molecule has 0 heterocycles. The molecule has 0 aliphatic carbocycles. The van der Waals surface area contributed by atoms with Crippen molar-refractivity contribution in [3.8, 4) is 5.75 Å². The number of ether oxygens (including phenoxy) is 1. The first-order valence-corrected chi connectivity index (χ1v) is 7.08. The summed E-state index contributed by atoms with van der Waals surface area (Å²) in [6.07, 6.45) is 4.84. The van der Waals surface area contributed by atoms with Gasteiger partial charge in [-0.2, -0.15) is 0 Å². The van der Waals surface area contributed by atoms with Gasteiger partial charge in [-0.15, -0.1) is 0 Å². The van der Waals surface area contributed by atoms with Crippen LogP contribution in [-0.2, 0) is 4.79 Å². The summed E-state index contributed by atoms with van der Waals surface area (Å²) in [5, 5.41) is 2.91. The van der Waals surface area contributed by atoms with Crippen molar-refractivity contribution in [3.63, 3.8) is 0 Å². The Hall–Kier alpha value is -1.77. The number of methoxy groups -OCH3 is 1. The molecule has 0 aromatic heterocycles. The highest BCUT2D eigenvalue weighted by molar-refractivity contribution is 5.91. The fourth-order valence-corrected chi connectivity index (χ4v) is 1.99. The summed E-state index contributed by atoms with van der Waals surface area (Å²) in [6, 6.07) is 7.42. The highest BCUT2D eigenvalue weighted by atomic mass is 16.5. The van der Waals surface area contributed by atoms with E-state index in [1.165, 1.54) is 5.57 Å². The van der Waals surface area contributed by atoms with E-state index in [2.05, 4.69) is 32.2 Å². The Balaban J connectivity index is 2.40. The van der Waals surface area contributed by atoms with E-state index in [1.807, 2.05) is 24.3 Å². The molecule has 1 rings (SSSR count). The minimum atomic E-state index is 0.0583. The number of allylic oxidation sites excluding steroid dienone is 2. The lowest BCUT2D eigenvalue weighted by Gasteiger charge is -2.11. The average Bonchev–Trinajstić information content (AvgIpc) is 2.38. The van der Waals surface area contributed by atoms with Gasteiger partial charge in [0.25, 0.3) is 0 Å². The van der Waals surface area contributed by atoms with Crippen LogP contribution >= 0.6 is 0 Å². The first-order chi connectivity index (χ1) is 9.51. The van der Waals surface area contributed by atoms with Gasteiger partial charge in [0, 0.05) is 18.2 Å². The van der Waals surface area contributed by atoms with Crippen LogP contribution in [0.25, 0.3) is 0 Å². The molecule has 0 radical (unpaired) electrons. The van der Waals surface area contributed by atoms with Crippen LogP contribution in [0, 0.1) is 5.92 Å². The third-order valence-electron chi connectivity index (χ3n) is 3.10. The number of hydrogen-bond donors (Lipinski definition) is 1. The Bertz CT molecular complexity index is 462. The largest absolute Gasteiger partial charge is 0.497 e. The van der Waals surface area contributed by atoms with Gasteiger partial charge in [-0.25, -0.2) is 0 Å². The molecular formula is C17H25NO2. The normalized spacial score (nSPS) is 11.6. The van der Waals surface area contributed by atoms with Gasteiger partial charge in [0.05, 0.1) is 7.11 Å². The van der Waals surface area contributed by atoms with E-state index in [0.717, 1.165) is 24.3 Å². The van der Waals surface area contributed by atoms with Gasteiger partial charge in [0.1, 0.15) is 5.75 Å². The van der Waals surface area contributed by atoms with Gasteiger partial charge < -0.3 is 10.1 Å². The smallest absolute Gasteiger partial charge is 0.224 e. The molecule has 1 aromatic rings. The summed E-state index contributed by atoms with van der Waals surface area (Å²) in [5.74, 6) is 1.19. The number of amides is 1. The van der Waals surface area contributed by atoms with Gasteiger partial charge in [-0.3, -0.25) is 4.79 Å². The van der Waals surface area contributed by atoms with Crippen molar-refractivity contribution >= 4 is 11.6 Å². The van der Waals surface area contributed by atoms with Gasteiger partial charge >= 0.3 is 0 Å². The topological polar surface area (TPSA) is 38.3 Å². The minimum absolute atomic E-state index is 0.0583. The SMILES string of the molecule is COc1cccc(NC(=O)CC(C)CCC=C(C)C)c1. The third-order valence-corrected chi connectivity index (χ3v) is 3.10. The highest BCUT2D eigenvalue weighted by Gasteiger charge is 2.09. The van der Waals surface area contributed by atoms with Crippen molar-refractivity contribution in [3.05, 3.63) is 35.9 Å². The number of benzene rings is 1. The van der Waals surface area contributed by atoms with Crippen molar-refractivity contribution in [2.75, 3.05) is 12.4 Å². The number of nitrogens with one attached hydrogen (secondary N) is 1. The molecule has 0 spiro atoms. The molecule has 110 valence electrons. The third kappa shape index (κ3) is 6.41. The van der Waals surface area contributed by atoms with E-state index in [-0.39, 0.29) is 5.91 Å². The Morgan fingerprint density at radius 1 is 1.40 bits per heavy atom. The number of carbonyl (C=O) groups is 1. The zero-order chi connectivity index (χ0) is 15.0. The van der Waals surface area contributed by atoms with Gasteiger partial charge in [-0.05, 0) is 44.7 Å². The number of anilines is 1. The maximum absolute atomic E-state index is 12.0. The lowest BCUT2D eigenvalue weighted by Crippen LogP contribution is -2.15. The van der Waals surface area contributed by atoms with Crippen molar-refractivity contribution in [1.29, 1.82) is 0 Å². The summed E-state index contributed by atoms with van der Waals surface area (Å²) >= 11 is 0. The van der Waals surface area contributed by atoms with Crippen LogP contribution in [0.5, 0.6) is 5.75 Å². The summed E-state index contributed by atoms with van der Waals surface area (Å²) in [6.45, 7) is 6.31. The summed E-state index contributed by atoms with van der Waals surface area (Å²) < 4.78 is 5.14. The zero-order valence-corrected chi connectivity index (χ0v) is 12.9. The van der Waals surface area contributed by atoms with E-state index < -0.39 is 0 Å². The molecule has 1 amide bonds. The van der Waals surface area contributed by atoms with E-state index >= 15 is 0 Å². The van der Waals surface area contributed by atoms with Crippen molar-refractivity contribution in [2.24, 2.45) is 5.92 Å². The van der Waals surface area contributed by atoms with Crippen LogP contribution in [0.1, 0.15) is 40.0 Å². The van der Waals surface area contributed by atoms with E-state index in [9.17, 15) is 4.79 Å². The average molecular weight is 275 g/mol. The van der Waals surface area contributed by atoms with E-state index in [1.54, 1.807) is 7.11 Å². The van der Waals surface area contributed by atoms with Crippen molar-refractivity contribution in [1.82, 2.24) is 0 Å².